The van der Waals surface area contributed by atoms with Gasteiger partial charge in [0, 0.05) is 13.1 Å². The zero-order valence-electron chi connectivity index (χ0n) is 15.7. The van der Waals surface area contributed by atoms with Crippen LogP contribution in [-0.4, -0.2) is 42.1 Å². The highest BCUT2D eigenvalue weighted by molar-refractivity contribution is 5.84. The van der Waals surface area contributed by atoms with Crippen LogP contribution in [0.15, 0.2) is 24.3 Å². The quantitative estimate of drug-likeness (QED) is 0.773. The summed E-state index contributed by atoms with van der Waals surface area (Å²) in [5.74, 6) is 1.15. The van der Waals surface area contributed by atoms with Gasteiger partial charge in [0.15, 0.2) is 0 Å². The molecule has 0 spiro atoms. The molecule has 26 heavy (non-hydrogen) atoms. The molecule has 0 radical (unpaired) electrons. The predicted molar refractivity (Wildman–Crippen MR) is 99.1 cm³/mol. The second-order valence-electron chi connectivity index (χ2n) is 7.79. The molecule has 3 unspecified atom stereocenters. The highest BCUT2D eigenvalue weighted by Crippen LogP contribution is 2.58. The summed E-state index contributed by atoms with van der Waals surface area (Å²) in [6.45, 7) is 2.79. The molecule has 142 valence electrons. The van der Waals surface area contributed by atoms with Crippen LogP contribution < -0.4 is 4.74 Å². The third-order valence-electron chi connectivity index (χ3n) is 6.32. The fraction of sp³-hybridized carbons (Fsp3) is 0.619. The number of benzene rings is 1. The van der Waals surface area contributed by atoms with Gasteiger partial charge in [-0.25, -0.2) is 0 Å². The monoisotopic (exact) mass is 359 g/mol. The first-order valence-corrected chi connectivity index (χ1v) is 9.62. The average Bonchev–Trinajstić information content (AvgIpc) is 3.23. The Hall–Kier alpha value is -2.04. The number of rotatable bonds is 8. The van der Waals surface area contributed by atoms with E-state index in [1.165, 1.54) is 6.42 Å². The topological polar surface area (TPSA) is 66.8 Å². The molecule has 2 bridgehead atoms. The van der Waals surface area contributed by atoms with Crippen molar-refractivity contribution >= 4 is 11.9 Å². The fourth-order valence-electron chi connectivity index (χ4n) is 5.09. The van der Waals surface area contributed by atoms with Crippen molar-refractivity contribution in [3.63, 3.8) is 0 Å². The standard InChI is InChI=1S/C21H29NO4/c1-3-22(10-9-19(23)24)20(25)21(14-16-7-8-17(21)11-16)13-15-5-4-6-18(12-15)26-2/h4-6,12,16-17H,3,7-11,13-14H2,1-2H3,(H,23,24). The molecule has 1 N–H and O–H groups in total. The van der Waals surface area contributed by atoms with E-state index in [0.29, 0.717) is 31.3 Å². The van der Waals surface area contributed by atoms with Crippen molar-refractivity contribution in [1.82, 2.24) is 4.90 Å². The summed E-state index contributed by atoms with van der Waals surface area (Å²) >= 11 is 0. The molecule has 3 rings (SSSR count). The third kappa shape index (κ3) is 3.57. The minimum atomic E-state index is -0.856. The number of hydrogen-bond acceptors (Lipinski definition) is 3. The first kappa shape index (κ1) is 18.7. The number of aliphatic carboxylic acids is 1. The summed E-state index contributed by atoms with van der Waals surface area (Å²) in [6, 6.07) is 7.98. The number of carboxylic acid groups (broad SMARTS) is 1. The van der Waals surface area contributed by atoms with Crippen molar-refractivity contribution in [3.05, 3.63) is 29.8 Å². The number of methoxy groups -OCH3 is 1. The summed E-state index contributed by atoms with van der Waals surface area (Å²) < 4.78 is 5.35. The smallest absolute Gasteiger partial charge is 0.305 e. The van der Waals surface area contributed by atoms with Gasteiger partial charge < -0.3 is 14.7 Å². The Bertz CT molecular complexity index is 674. The summed E-state index contributed by atoms with van der Waals surface area (Å²) in [5, 5.41) is 9.02. The molecule has 2 saturated carbocycles. The van der Waals surface area contributed by atoms with E-state index < -0.39 is 5.97 Å². The number of fused-ring (bicyclic) bond motifs is 2. The lowest BCUT2D eigenvalue weighted by Gasteiger charge is -2.40. The maximum absolute atomic E-state index is 13.6. The number of amides is 1. The van der Waals surface area contributed by atoms with Crippen molar-refractivity contribution in [2.24, 2.45) is 17.3 Å². The van der Waals surface area contributed by atoms with E-state index >= 15 is 0 Å². The van der Waals surface area contributed by atoms with Crippen molar-refractivity contribution in [2.75, 3.05) is 20.2 Å². The zero-order valence-corrected chi connectivity index (χ0v) is 15.7. The molecule has 1 amide bonds. The molecule has 0 aromatic heterocycles. The molecular formula is C21H29NO4. The molecule has 0 aliphatic heterocycles. The highest BCUT2D eigenvalue weighted by atomic mass is 16.5. The van der Waals surface area contributed by atoms with Gasteiger partial charge in [0.1, 0.15) is 5.75 Å². The Balaban J connectivity index is 1.87. The molecule has 5 nitrogen and oxygen atoms in total. The SMILES string of the molecule is CCN(CCC(=O)O)C(=O)C1(Cc2cccc(OC)c2)CC2CCC1C2. The highest BCUT2D eigenvalue weighted by Gasteiger charge is 2.56. The zero-order chi connectivity index (χ0) is 18.7. The van der Waals surface area contributed by atoms with Crippen molar-refractivity contribution in [1.29, 1.82) is 0 Å². The van der Waals surface area contributed by atoms with E-state index in [1.54, 1.807) is 12.0 Å². The molecule has 3 atom stereocenters. The average molecular weight is 359 g/mol. The molecule has 1 aromatic rings. The number of ether oxygens (including phenoxy) is 1. The fourth-order valence-corrected chi connectivity index (χ4v) is 5.09. The first-order chi connectivity index (χ1) is 12.5. The van der Waals surface area contributed by atoms with Crippen molar-refractivity contribution < 1.29 is 19.4 Å². The van der Waals surface area contributed by atoms with Crippen LogP contribution in [0.2, 0.25) is 0 Å². The van der Waals surface area contributed by atoms with Gasteiger partial charge in [0.05, 0.1) is 18.9 Å². The van der Waals surface area contributed by atoms with Gasteiger partial charge in [-0.1, -0.05) is 18.6 Å². The van der Waals surface area contributed by atoms with Gasteiger partial charge in [-0.05, 0) is 62.1 Å². The largest absolute Gasteiger partial charge is 0.497 e. The number of hydrogen-bond donors (Lipinski definition) is 1. The number of carboxylic acids is 1. The maximum Gasteiger partial charge on any atom is 0.305 e. The lowest BCUT2D eigenvalue weighted by molar-refractivity contribution is -0.146. The maximum atomic E-state index is 13.6. The summed E-state index contributed by atoms with van der Waals surface area (Å²) in [6.07, 6.45) is 5.11. The van der Waals surface area contributed by atoms with Gasteiger partial charge >= 0.3 is 5.97 Å². The Morgan fingerprint density at radius 3 is 2.73 bits per heavy atom. The van der Waals surface area contributed by atoms with Gasteiger partial charge in [-0.2, -0.15) is 0 Å². The molecule has 2 aliphatic rings. The summed E-state index contributed by atoms with van der Waals surface area (Å²) in [7, 11) is 1.66. The van der Waals surface area contributed by atoms with Crippen LogP contribution in [0.25, 0.3) is 0 Å². The van der Waals surface area contributed by atoms with E-state index in [0.717, 1.165) is 30.6 Å². The molecule has 0 saturated heterocycles. The second-order valence-corrected chi connectivity index (χ2v) is 7.79. The van der Waals surface area contributed by atoms with Gasteiger partial charge in [0.2, 0.25) is 5.91 Å². The molecule has 2 fully saturated rings. The van der Waals surface area contributed by atoms with Crippen molar-refractivity contribution in [3.8, 4) is 5.75 Å². The van der Waals surface area contributed by atoms with Gasteiger partial charge in [0.25, 0.3) is 0 Å². The first-order valence-electron chi connectivity index (χ1n) is 9.62. The van der Waals surface area contributed by atoms with E-state index in [1.807, 2.05) is 25.1 Å². The second kappa shape index (κ2) is 7.68. The minimum absolute atomic E-state index is 0.00289. The van der Waals surface area contributed by atoms with Crippen LogP contribution >= 0.6 is 0 Å². The third-order valence-corrected chi connectivity index (χ3v) is 6.32. The summed E-state index contributed by atoms with van der Waals surface area (Å²) in [5.41, 5.74) is 0.739. The Morgan fingerprint density at radius 2 is 2.15 bits per heavy atom. The molecule has 2 aliphatic carbocycles. The summed E-state index contributed by atoms with van der Waals surface area (Å²) in [4.78, 5) is 26.3. The van der Waals surface area contributed by atoms with Crippen molar-refractivity contribution in [2.45, 2.75) is 45.4 Å². The lowest BCUT2D eigenvalue weighted by Crippen LogP contribution is -2.48. The van der Waals surface area contributed by atoms with Crippen LogP contribution in [0.5, 0.6) is 5.75 Å². The number of nitrogens with zero attached hydrogens (tertiary/aromatic N) is 1. The van der Waals surface area contributed by atoms with Gasteiger partial charge in [-0.15, -0.1) is 0 Å². The van der Waals surface area contributed by atoms with E-state index in [2.05, 4.69) is 6.07 Å². The molecule has 0 heterocycles. The normalized spacial score (nSPS) is 26.7. The van der Waals surface area contributed by atoms with Crippen LogP contribution in [0.1, 0.15) is 44.6 Å². The van der Waals surface area contributed by atoms with Crippen LogP contribution in [0.3, 0.4) is 0 Å². The Morgan fingerprint density at radius 1 is 1.35 bits per heavy atom. The predicted octanol–water partition coefficient (Wildman–Crippen LogP) is 3.37. The van der Waals surface area contributed by atoms with E-state index in [-0.39, 0.29) is 17.7 Å². The van der Waals surface area contributed by atoms with Crippen LogP contribution in [0, 0.1) is 17.3 Å². The Labute approximate surface area is 155 Å². The Kier molecular flexibility index (Phi) is 5.54. The van der Waals surface area contributed by atoms with E-state index in [4.69, 9.17) is 9.84 Å². The van der Waals surface area contributed by atoms with E-state index in [9.17, 15) is 9.59 Å². The lowest BCUT2D eigenvalue weighted by atomic mass is 9.68. The molecule has 5 heteroatoms. The molecule has 1 aromatic carbocycles. The van der Waals surface area contributed by atoms with Crippen LogP contribution in [-0.2, 0) is 16.0 Å². The van der Waals surface area contributed by atoms with Gasteiger partial charge in [-0.3, -0.25) is 9.59 Å². The number of carbonyl (C=O) groups excluding carboxylic acids is 1. The number of carbonyl (C=O) groups is 2. The van der Waals surface area contributed by atoms with Crippen LogP contribution in [0.4, 0.5) is 0 Å². The molecular weight excluding hydrogens is 330 g/mol. The minimum Gasteiger partial charge on any atom is -0.497 e.